The van der Waals surface area contributed by atoms with Crippen molar-refractivity contribution in [2.24, 2.45) is 5.92 Å². The quantitative estimate of drug-likeness (QED) is 0.849. The Labute approximate surface area is 121 Å². The molecule has 0 saturated carbocycles. The summed E-state index contributed by atoms with van der Waals surface area (Å²) < 4.78 is 26.5. The number of rotatable bonds is 5. The van der Waals surface area contributed by atoms with E-state index < -0.39 is 16.0 Å². The molecule has 2 rings (SSSR count). The fraction of sp³-hybridized carbons (Fsp3) is 0.583. The molecule has 1 aliphatic rings. The summed E-state index contributed by atoms with van der Waals surface area (Å²) >= 11 is 0.936. The number of aryl methyl sites for hydroxylation is 1. The Hall–Kier alpha value is -0.960. The van der Waals surface area contributed by atoms with Crippen LogP contribution in [0.1, 0.15) is 28.1 Å². The molecule has 20 heavy (non-hydrogen) atoms. The molecular weight excluding hydrogens is 302 g/mol. The van der Waals surface area contributed by atoms with Gasteiger partial charge in [0.25, 0.3) is 0 Å². The molecule has 1 atom stereocenters. The van der Waals surface area contributed by atoms with Crippen LogP contribution in [0.15, 0.2) is 10.3 Å². The Morgan fingerprint density at radius 3 is 2.85 bits per heavy atom. The topological polar surface area (TPSA) is 94.9 Å². The lowest BCUT2D eigenvalue weighted by Crippen LogP contribution is -2.30. The largest absolute Gasteiger partial charge is 0.477 e. The SMILES string of the molecule is Cc1csc(C(=O)O)c1S(=O)(=O)N1CCC(CCO)C1. The third kappa shape index (κ3) is 2.73. The summed E-state index contributed by atoms with van der Waals surface area (Å²) in [4.78, 5) is 10.9. The molecule has 0 amide bonds. The molecule has 0 aliphatic carbocycles. The van der Waals surface area contributed by atoms with Gasteiger partial charge in [-0.05, 0) is 36.6 Å². The number of aromatic carboxylic acids is 1. The van der Waals surface area contributed by atoms with Crippen LogP contribution in [0, 0.1) is 12.8 Å². The smallest absolute Gasteiger partial charge is 0.347 e. The monoisotopic (exact) mass is 319 g/mol. The Kier molecular flexibility index (Phi) is 4.48. The number of carboxylic acid groups (broad SMARTS) is 1. The molecule has 0 aromatic carbocycles. The molecule has 0 spiro atoms. The van der Waals surface area contributed by atoms with Crippen molar-refractivity contribution < 1.29 is 23.4 Å². The minimum absolute atomic E-state index is 0.0381. The molecule has 6 nitrogen and oxygen atoms in total. The van der Waals surface area contributed by atoms with Crippen LogP contribution in [0.3, 0.4) is 0 Å². The maximum absolute atomic E-state index is 12.6. The van der Waals surface area contributed by atoms with Crippen LogP contribution in [0.4, 0.5) is 0 Å². The summed E-state index contributed by atoms with van der Waals surface area (Å²) in [7, 11) is -3.77. The van der Waals surface area contributed by atoms with Gasteiger partial charge in [0.2, 0.25) is 10.0 Å². The highest BCUT2D eigenvalue weighted by atomic mass is 32.2. The van der Waals surface area contributed by atoms with Gasteiger partial charge in [0, 0.05) is 19.7 Å². The average Bonchev–Trinajstić information content (AvgIpc) is 2.96. The van der Waals surface area contributed by atoms with E-state index in [0.717, 1.165) is 11.3 Å². The van der Waals surface area contributed by atoms with Crippen LogP contribution in [-0.4, -0.2) is 48.6 Å². The van der Waals surface area contributed by atoms with Gasteiger partial charge in [-0.15, -0.1) is 11.3 Å². The summed E-state index contributed by atoms with van der Waals surface area (Å²) in [5.74, 6) is -1.07. The van der Waals surface area contributed by atoms with Gasteiger partial charge in [-0.25, -0.2) is 13.2 Å². The van der Waals surface area contributed by atoms with E-state index in [2.05, 4.69) is 0 Å². The van der Waals surface area contributed by atoms with E-state index in [9.17, 15) is 13.2 Å². The first-order valence-corrected chi connectivity index (χ1v) is 8.62. The zero-order valence-electron chi connectivity index (χ0n) is 11.1. The molecule has 1 unspecified atom stereocenters. The van der Waals surface area contributed by atoms with Gasteiger partial charge < -0.3 is 10.2 Å². The molecule has 1 aromatic rings. The molecule has 0 radical (unpaired) electrons. The number of aliphatic hydroxyl groups excluding tert-OH is 1. The molecule has 1 aromatic heterocycles. The highest BCUT2D eigenvalue weighted by Gasteiger charge is 2.36. The zero-order valence-corrected chi connectivity index (χ0v) is 12.7. The first-order valence-electron chi connectivity index (χ1n) is 6.30. The number of hydrogen-bond donors (Lipinski definition) is 2. The third-order valence-electron chi connectivity index (χ3n) is 3.50. The second kappa shape index (κ2) is 5.80. The summed E-state index contributed by atoms with van der Waals surface area (Å²) in [6.07, 6.45) is 1.27. The van der Waals surface area contributed by atoms with E-state index in [1.54, 1.807) is 12.3 Å². The maximum Gasteiger partial charge on any atom is 0.347 e. The Balaban J connectivity index is 2.32. The number of nitrogens with zero attached hydrogens (tertiary/aromatic N) is 1. The summed E-state index contributed by atoms with van der Waals surface area (Å²) in [5, 5.41) is 19.6. The maximum atomic E-state index is 12.6. The van der Waals surface area contributed by atoms with Crippen LogP contribution in [0.25, 0.3) is 0 Å². The zero-order chi connectivity index (χ0) is 14.9. The van der Waals surface area contributed by atoms with Gasteiger partial charge in [-0.1, -0.05) is 0 Å². The van der Waals surface area contributed by atoms with Crippen LogP contribution in [0.2, 0.25) is 0 Å². The molecule has 8 heteroatoms. The van der Waals surface area contributed by atoms with Crippen LogP contribution in [-0.2, 0) is 10.0 Å². The predicted molar refractivity (Wildman–Crippen MR) is 74.6 cm³/mol. The van der Waals surface area contributed by atoms with E-state index in [1.165, 1.54) is 4.31 Å². The minimum atomic E-state index is -3.77. The van der Waals surface area contributed by atoms with Crippen LogP contribution >= 0.6 is 11.3 Å². The molecule has 112 valence electrons. The summed E-state index contributed by atoms with van der Waals surface area (Å²) in [6.45, 7) is 2.37. The first kappa shape index (κ1) is 15.4. The van der Waals surface area contributed by atoms with E-state index >= 15 is 0 Å². The second-order valence-corrected chi connectivity index (χ2v) is 7.67. The number of hydrogen-bond acceptors (Lipinski definition) is 5. The third-order valence-corrected chi connectivity index (χ3v) is 6.76. The molecule has 1 fully saturated rings. The first-order chi connectivity index (χ1) is 9.37. The van der Waals surface area contributed by atoms with Gasteiger partial charge >= 0.3 is 5.97 Å². The van der Waals surface area contributed by atoms with Crippen molar-refractivity contribution in [2.75, 3.05) is 19.7 Å². The Morgan fingerprint density at radius 2 is 2.25 bits per heavy atom. The normalized spacial score (nSPS) is 20.4. The van der Waals surface area contributed by atoms with E-state index in [-0.39, 0.29) is 22.3 Å². The lowest BCUT2D eigenvalue weighted by Gasteiger charge is -2.17. The predicted octanol–water partition coefficient (Wildman–Crippen LogP) is 1.15. The molecule has 1 saturated heterocycles. The van der Waals surface area contributed by atoms with Crippen molar-refractivity contribution in [2.45, 2.75) is 24.7 Å². The second-order valence-electron chi connectivity index (χ2n) is 4.91. The number of thiophene rings is 1. The van der Waals surface area contributed by atoms with Gasteiger partial charge in [0.05, 0.1) is 0 Å². The minimum Gasteiger partial charge on any atom is -0.477 e. The fourth-order valence-electron chi connectivity index (χ4n) is 2.46. The standard InChI is InChI=1S/C12H17NO5S2/c1-8-7-19-10(12(15)16)11(8)20(17,18)13-4-2-9(6-13)3-5-14/h7,9,14H,2-6H2,1H3,(H,15,16). The molecule has 2 N–H and O–H groups in total. The number of carboxylic acids is 1. The van der Waals surface area contributed by atoms with Crippen molar-refractivity contribution in [1.29, 1.82) is 0 Å². The van der Waals surface area contributed by atoms with E-state index in [0.29, 0.717) is 31.5 Å². The van der Waals surface area contributed by atoms with Crippen molar-refractivity contribution in [3.8, 4) is 0 Å². The van der Waals surface area contributed by atoms with Crippen molar-refractivity contribution in [3.05, 3.63) is 15.8 Å². The highest BCUT2D eigenvalue weighted by molar-refractivity contribution is 7.89. The summed E-state index contributed by atoms with van der Waals surface area (Å²) in [6, 6.07) is 0. The molecule has 1 aliphatic heterocycles. The van der Waals surface area contributed by atoms with E-state index in [4.69, 9.17) is 10.2 Å². The highest BCUT2D eigenvalue weighted by Crippen LogP contribution is 2.32. The van der Waals surface area contributed by atoms with Crippen molar-refractivity contribution in [3.63, 3.8) is 0 Å². The molecular formula is C12H17NO5S2. The van der Waals surface area contributed by atoms with Gasteiger partial charge in [0.15, 0.2) is 0 Å². The molecule has 0 bridgehead atoms. The number of sulfonamides is 1. The van der Waals surface area contributed by atoms with Crippen molar-refractivity contribution in [1.82, 2.24) is 4.31 Å². The van der Waals surface area contributed by atoms with Crippen LogP contribution < -0.4 is 0 Å². The fourth-order valence-corrected chi connectivity index (χ4v) is 5.58. The lowest BCUT2D eigenvalue weighted by molar-refractivity contribution is 0.0698. The van der Waals surface area contributed by atoms with Gasteiger partial charge in [-0.2, -0.15) is 4.31 Å². The Morgan fingerprint density at radius 1 is 1.55 bits per heavy atom. The summed E-state index contributed by atoms with van der Waals surface area (Å²) in [5.41, 5.74) is 0.470. The van der Waals surface area contributed by atoms with Gasteiger partial charge in [-0.3, -0.25) is 0 Å². The number of carbonyl (C=O) groups is 1. The number of aliphatic hydroxyl groups is 1. The van der Waals surface area contributed by atoms with Gasteiger partial charge in [0.1, 0.15) is 9.77 Å². The Bertz CT molecular complexity index is 607. The van der Waals surface area contributed by atoms with Crippen molar-refractivity contribution >= 4 is 27.3 Å². The average molecular weight is 319 g/mol. The van der Waals surface area contributed by atoms with E-state index in [1.807, 2.05) is 0 Å². The lowest BCUT2D eigenvalue weighted by atomic mass is 10.1. The molecule has 2 heterocycles. The van der Waals surface area contributed by atoms with Crippen LogP contribution in [0.5, 0.6) is 0 Å².